The number of nitrogens with one attached hydrogen (secondary N) is 1. The molecule has 0 saturated carbocycles. The highest BCUT2D eigenvalue weighted by Gasteiger charge is 1.99. The van der Waals surface area contributed by atoms with Crippen molar-refractivity contribution in [1.29, 1.82) is 0 Å². The summed E-state index contributed by atoms with van der Waals surface area (Å²) >= 11 is 5.74. The van der Waals surface area contributed by atoms with E-state index in [4.69, 9.17) is 11.6 Å². The quantitative estimate of drug-likeness (QED) is 0.617. The summed E-state index contributed by atoms with van der Waals surface area (Å²) in [5.74, 6) is 0. The first-order chi connectivity index (χ1) is 5.77. The predicted octanol–water partition coefficient (Wildman–Crippen LogP) is 0.971. The monoisotopic (exact) mass is 181 g/mol. The lowest BCUT2D eigenvalue weighted by Crippen LogP contribution is -2.03. The van der Waals surface area contributed by atoms with Crippen molar-refractivity contribution in [1.82, 2.24) is 15.0 Å². The molecule has 0 spiro atoms. The van der Waals surface area contributed by atoms with E-state index in [9.17, 15) is 4.79 Å². The van der Waals surface area contributed by atoms with Gasteiger partial charge < -0.3 is 4.98 Å². The molecular formula is C7H4ClN3O. The van der Waals surface area contributed by atoms with E-state index in [0.717, 1.165) is 0 Å². The van der Waals surface area contributed by atoms with Gasteiger partial charge in [0.2, 0.25) is 5.56 Å². The molecule has 0 aliphatic rings. The van der Waals surface area contributed by atoms with Gasteiger partial charge in [-0.1, -0.05) is 11.6 Å². The Labute approximate surface area is 72.2 Å². The maximum Gasteiger partial charge on any atom is 0.249 e. The van der Waals surface area contributed by atoms with Gasteiger partial charge >= 0.3 is 0 Å². The van der Waals surface area contributed by atoms with E-state index >= 15 is 0 Å². The molecule has 5 heteroatoms. The van der Waals surface area contributed by atoms with Crippen LogP contribution in [0.15, 0.2) is 23.3 Å². The Morgan fingerprint density at radius 1 is 1.33 bits per heavy atom. The largest absolute Gasteiger partial charge is 0.306 e. The first kappa shape index (κ1) is 7.24. The Morgan fingerprint density at radius 2 is 2.17 bits per heavy atom. The number of fused-ring (bicyclic) bond motifs is 1. The van der Waals surface area contributed by atoms with Crippen LogP contribution >= 0.6 is 11.6 Å². The fourth-order valence-corrected chi connectivity index (χ4v) is 1.13. The van der Waals surface area contributed by atoms with Crippen molar-refractivity contribution < 1.29 is 0 Å². The zero-order chi connectivity index (χ0) is 8.55. The van der Waals surface area contributed by atoms with Crippen LogP contribution in [0.3, 0.4) is 0 Å². The number of pyridine rings is 1. The van der Waals surface area contributed by atoms with Gasteiger partial charge in [0.15, 0.2) is 0 Å². The molecule has 0 aliphatic heterocycles. The van der Waals surface area contributed by atoms with Crippen molar-refractivity contribution in [3.05, 3.63) is 34.0 Å². The van der Waals surface area contributed by atoms with Gasteiger partial charge in [-0.2, -0.15) is 0 Å². The second-order valence-corrected chi connectivity index (χ2v) is 2.61. The molecule has 0 fully saturated rings. The summed E-state index contributed by atoms with van der Waals surface area (Å²) in [6.07, 6.45) is 1.31. The molecule has 2 aromatic rings. The Kier molecular flexibility index (Phi) is 1.55. The van der Waals surface area contributed by atoms with Crippen molar-refractivity contribution in [2.24, 2.45) is 0 Å². The Hall–Kier alpha value is -1.42. The standard InChI is InChI=1S/C7H4ClN3O/c8-6-4-1-2-5(12)11-7(4)10-3-9-6/h1-3H,(H,9,10,11,12). The second-order valence-electron chi connectivity index (χ2n) is 2.25. The van der Waals surface area contributed by atoms with Gasteiger partial charge in [0.05, 0.1) is 5.39 Å². The molecule has 2 rings (SSSR count). The van der Waals surface area contributed by atoms with E-state index in [0.29, 0.717) is 16.2 Å². The molecule has 60 valence electrons. The number of halogens is 1. The topological polar surface area (TPSA) is 58.6 Å². The van der Waals surface area contributed by atoms with Gasteiger partial charge in [-0.3, -0.25) is 4.79 Å². The van der Waals surface area contributed by atoms with Crippen LogP contribution in [0.5, 0.6) is 0 Å². The molecule has 2 heterocycles. The molecule has 0 saturated heterocycles. The molecule has 1 N–H and O–H groups in total. The van der Waals surface area contributed by atoms with Crippen molar-refractivity contribution in [3.63, 3.8) is 0 Å². The number of rotatable bonds is 0. The number of hydrogen-bond acceptors (Lipinski definition) is 3. The van der Waals surface area contributed by atoms with Gasteiger partial charge in [0.25, 0.3) is 0 Å². The minimum Gasteiger partial charge on any atom is -0.306 e. The number of hydrogen-bond donors (Lipinski definition) is 1. The van der Waals surface area contributed by atoms with E-state index in [1.807, 2.05) is 0 Å². The van der Waals surface area contributed by atoms with Gasteiger partial charge in [-0.25, -0.2) is 9.97 Å². The fraction of sp³-hybridized carbons (Fsp3) is 0. The summed E-state index contributed by atoms with van der Waals surface area (Å²) in [5, 5.41) is 0.995. The summed E-state index contributed by atoms with van der Waals surface area (Å²) in [6, 6.07) is 2.98. The molecule has 0 aliphatic carbocycles. The molecule has 0 bridgehead atoms. The highest BCUT2D eigenvalue weighted by atomic mass is 35.5. The molecule has 4 nitrogen and oxygen atoms in total. The van der Waals surface area contributed by atoms with Crippen molar-refractivity contribution in [3.8, 4) is 0 Å². The van der Waals surface area contributed by atoms with Crippen molar-refractivity contribution in [2.75, 3.05) is 0 Å². The Balaban J connectivity index is 2.96. The van der Waals surface area contributed by atoms with Gasteiger partial charge in [0.1, 0.15) is 17.1 Å². The maximum atomic E-state index is 10.8. The lowest BCUT2D eigenvalue weighted by atomic mass is 10.3. The van der Waals surface area contributed by atoms with Gasteiger partial charge in [-0.05, 0) is 6.07 Å². The average Bonchev–Trinajstić information content (AvgIpc) is 2.04. The normalized spacial score (nSPS) is 10.4. The van der Waals surface area contributed by atoms with Crippen LogP contribution in [0.4, 0.5) is 0 Å². The average molecular weight is 182 g/mol. The summed E-state index contributed by atoms with van der Waals surface area (Å²) in [4.78, 5) is 21.0. The molecular weight excluding hydrogens is 178 g/mol. The lowest BCUT2D eigenvalue weighted by Gasteiger charge is -1.95. The number of nitrogens with zero attached hydrogens (tertiary/aromatic N) is 2. The third-order valence-corrected chi connectivity index (χ3v) is 1.78. The van der Waals surface area contributed by atoms with Crippen LogP contribution in [-0.4, -0.2) is 15.0 Å². The highest BCUT2D eigenvalue weighted by molar-refractivity contribution is 6.33. The van der Waals surface area contributed by atoms with Crippen molar-refractivity contribution >= 4 is 22.6 Å². The Bertz CT molecular complexity index is 479. The number of H-pyrrole nitrogens is 1. The van der Waals surface area contributed by atoms with Crippen LogP contribution in [0.1, 0.15) is 0 Å². The number of aromatic amines is 1. The molecule has 0 atom stereocenters. The third kappa shape index (κ3) is 1.06. The van der Waals surface area contributed by atoms with Crippen LogP contribution in [-0.2, 0) is 0 Å². The summed E-state index contributed by atoms with van der Waals surface area (Å²) in [6.45, 7) is 0. The minimum atomic E-state index is -0.197. The zero-order valence-corrected chi connectivity index (χ0v) is 6.67. The molecule has 12 heavy (non-hydrogen) atoms. The molecule has 0 unspecified atom stereocenters. The second kappa shape index (κ2) is 2.57. The lowest BCUT2D eigenvalue weighted by molar-refractivity contribution is 1.16. The first-order valence-electron chi connectivity index (χ1n) is 3.27. The predicted molar refractivity (Wildman–Crippen MR) is 45.2 cm³/mol. The zero-order valence-electron chi connectivity index (χ0n) is 5.91. The smallest absolute Gasteiger partial charge is 0.249 e. The molecule has 0 radical (unpaired) electrons. The number of aromatic nitrogens is 3. The molecule has 0 aromatic carbocycles. The Morgan fingerprint density at radius 3 is 3.00 bits per heavy atom. The maximum absolute atomic E-state index is 10.8. The molecule has 0 amide bonds. The van der Waals surface area contributed by atoms with Crippen LogP contribution in [0.2, 0.25) is 5.15 Å². The fourth-order valence-electron chi connectivity index (χ4n) is 0.939. The van der Waals surface area contributed by atoms with E-state index in [1.54, 1.807) is 6.07 Å². The highest BCUT2D eigenvalue weighted by Crippen LogP contribution is 2.14. The van der Waals surface area contributed by atoms with E-state index in [1.165, 1.54) is 12.4 Å². The van der Waals surface area contributed by atoms with Crippen LogP contribution < -0.4 is 5.56 Å². The van der Waals surface area contributed by atoms with Crippen molar-refractivity contribution in [2.45, 2.75) is 0 Å². The SMILES string of the molecule is O=c1ccc2c(Cl)ncnc2[nH]1. The van der Waals surface area contributed by atoms with Crippen LogP contribution in [0.25, 0.3) is 11.0 Å². The van der Waals surface area contributed by atoms with E-state index < -0.39 is 0 Å². The van der Waals surface area contributed by atoms with E-state index in [2.05, 4.69) is 15.0 Å². The van der Waals surface area contributed by atoms with Crippen LogP contribution in [0, 0.1) is 0 Å². The molecule has 2 aromatic heterocycles. The first-order valence-corrected chi connectivity index (χ1v) is 3.65. The third-order valence-electron chi connectivity index (χ3n) is 1.48. The summed E-state index contributed by atoms with van der Waals surface area (Å²) < 4.78 is 0. The van der Waals surface area contributed by atoms with Gasteiger partial charge in [-0.15, -0.1) is 0 Å². The van der Waals surface area contributed by atoms with Gasteiger partial charge in [0, 0.05) is 6.07 Å². The minimum absolute atomic E-state index is 0.197. The summed E-state index contributed by atoms with van der Waals surface area (Å²) in [5.41, 5.74) is 0.264. The van der Waals surface area contributed by atoms with E-state index in [-0.39, 0.29) is 5.56 Å². The summed E-state index contributed by atoms with van der Waals surface area (Å²) in [7, 11) is 0.